The van der Waals surface area contributed by atoms with Crippen molar-refractivity contribution >= 4 is 51.3 Å². The van der Waals surface area contributed by atoms with Crippen LogP contribution in [-0.4, -0.2) is 24.9 Å². The van der Waals surface area contributed by atoms with E-state index in [-0.39, 0.29) is 22.2 Å². The average molecular weight is 369 g/mol. The van der Waals surface area contributed by atoms with Crippen molar-refractivity contribution in [3.8, 4) is 11.3 Å². The number of nitro benzene ring substituents is 1. The summed E-state index contributed by atoms with van der Waals surface area (Å²) in [6.07, 6.45) is 0. The standard InChI is InChI=1S/C12H6Cl2N6O2S/c13-9-16-10(14)18-11(17-9)19-12-15-8(5-23-12)6-1-3-7(4-2-6)20(21)22/h1-5H,(H,15,16,17,18,19). The zero-order chi connectivity index (χ0) is 16.4. The maximum absolute atomic E-state index is 10.7. The summed E-state index contributed by atoms with van der Waals surface area (Å²) in [5, 5.41) is 15.8. The summed E-state index contributed by atoms with van der Waals surface area (Å²) in [6, 6.07) is 6.11. The molecule has 11 heteroatoms. The van der Waals surface area contributed by atoms with Crippen molar-refractivity contribution in [3.05, 3.63) is 50.3 Å². The van der Waals surface area contributed by atoms with Crippen molar-refractivity contribution in [1.29, 1.82) is 0 Å². The van der Waals surface area contributed by atoms with Crippen molar-refractivity contribution in [2.45, 2.75) is 0 Å². The summed E-state index contributed by atoms with van der Waals surface area (Å²) in [5.41, 5.74) is 1.45. The fourth-order valence-electron chi connectivity index (χ4n) is 1.70. The Balaban J connectivity index is 1.81. The molecule has 0 saturated carbocycles. The molecule has 2 aromatic heterocycles. The zero-order valence-corrected chi connectivity index (χ0v) is 13.4. The van der Waals surface area contributed by atoms with Crippen LogP contribution in [0.2, 0.25) is 10.6 Å². The van der Waals surface area contributed by atoms with Crippen molar-refractivity contribution in [1.82, 2.24) is 19.9 Å². The van der Waals surface area contributed by atoms with E-state index in [9.17, 15) is 10.1 Å². The first-order chi connectivity index (χ1) is 11.0. The fourth-order valence-corrected chi connectivity index (χ4v) is 2.77. The van der Waals surface area contributed by atoms with E-state index >= 15 is 0 Å². The Morgan fingerprint density at radius 2 is 1.70 bits per heavy atom. The van der Waals surface area contributed by atoms with Gasteiger partial charge in [-0.2, -0.15) is 15.0 Å². The first-order valence-electron chi connectivity index (χ1n) is 6.06. The molecule has 0 fully saturated rings. The molecule has 0 amide bonds. The number of thiazole rings is 1. The molecule has 3 aromatic rings. The molecule has 0 atom stereocenters. The molecule has 0 radical (unpaired) electrons. The van der Waals surface area contributed by atoms with Gasteiger partial charge in [0.05, 0.1) is 10.6 Å². The predicted molar refractivity (Wildman–Crippen MR) is 87.3 cm³/mol. The zero-order valence-electron chi connectivity index (χ0n) is 11.1. The number of halogens is 2. The summed E-state index contributed by atoms with van der Waals surface area (Å²) in [6.45, 7) is 0. The van der Waals surface area contributed by atoms with E-state index in [1.807, 2.05) is 0 Å². The largest absolute Gasteiger partial charge is 0.300 e. The number of anilines is 2. The van der Waals surface area contributed by atoms with Crippen LogP contribution in [0.3, 0.4) is 0 Å². The van der Waals surface area contributed by atoms with Crippen LogP contribution in [0.4, 0.5) is 16.8 Å². The second-order valence-electron chi connectivity index (χ2n) is 4.16. The molecule has 0 spiro atoms. The minimum Gasteiger partial charge on any atom is -0.300 e. The molecule has 116 valence electrons. The van der Waals surface area contributed by atoms with E-state index in [0.29, 0.717) is 10.8 Å². The Morgan fingerprint density at radius 3 is 2.30 bits per heavy atom. The van der Waals surface area contributed by atoms with Crippen LogP contribution in [0.5, 0.6) is 0 Å². The molecule has 8 nitrogen and oxygen atoms in total. The van der Waals surface area contributed by atoms with Crippen LogP contribution < -0.4 is 5.32 Å². The predicted octanol–water partition coefficient (Wildman–Crippen LogP) is 3.95. The van der Waals surface area contributed by atoms with E-state index in [0.717, 1.165) is 5.56 Å². The number of benzene rings is 1. The summed E-state index contributed by atoms with van der Waals surface area (Å²) >= 11 is 12.7. The van der Waals surface area contributed by atoms with Crippen LogP contribution >= 0.6 is 34.5 Å². The van der Waals surface area contributed by atoms with Gasteiger partial charge in [-0.25, -0.2) is 4.98 Å². The van der Waals surface area contributed by atoms with Gasteiger partial charge in [-0.05, 0) is 35.3 Å². The molecule has 2 heterocycles. The van der Waals surface area contributed by atoms with E-state index < -0.39 is 4.92 Å². The second kappa shape index (κ2) is 6.41. The Morgan fingerprint density at radius 1 is 1.04 bits per heavy atom. The first kappa shape index (κ1) is 15.5. The lowest BCUT2D eigenvalue weighted by Gasteiger charge is -2.00. The highest BCUT2D eigenvalue weighted by Gasteiger charge is 2.10. The molecule has 0 aliphatic heterocycles. The van der Waals surface area contributed by atoms with Gasteiger partial charge >= 0.3 is 0 Å². The summed E-state index contributed by atoms with van der Waals surface area (Å²) in [4.78, 5) is 26.0. The minimum atomic E-state index is -0.452. The number of nitro groups is 1. The number of nitrogens with one attached hydrogen (secondary N) is 1. The smallest absolute Gasteiger partial charge is 0.269 e. The SMILES string of the molecule is O=[N+]([O-])c1ccc(-c2csc(Nc3nc(Cl)nc(Cl)n3)n2)cc1. The minimum absolute atomic E-state index is 0.0248. The number of non-ortho nitro benzene ring substituents is 1. The average Bonchev–Trinajstić information content (AvgIpc) is 2.94. The molecular formula is C12H6Cl2N6O2S. The number of hydrogen-bond donors (Lipinski definition) is 1. The highest BCUT2D eigenvalue weighted by Crippen LogP contribution is 2.27. The van der Waals surface area contributed by atoms with Crippen molar-refractivity contribution in [2.24, 2.45) is 0 Å². The third-order valence-corrected chi connectivity index (χ3v) is 3.77. The van der Waals surface area contributed by atoms with Gasteiger partial charge in [0.15, 0.2) is 5.13 Å². The van der Waals surface area contributed by atoms with Crippen LogP contribution in [0.1, 0.15) is 0 Å². The van der Waals surface area contributed by atoms with Crippen molar-refractivity contribution < 1.29 is 4.92 Å². The van der Waals surface area contributed by atoms with Crippen LogP contribution in [-0.2, 0) is 0 Å². The summed E-state index contributed by atoms with van der Waals surface area (Å²) in [7, 11) is 0. The van der Waals surface area contributed by atoms with Crippen molar-refractivity contribution in [3.63, 3.8) is 0 Å². The number of aromatic nitrogens is 4. The first-order valence-corrected chi connectivity index (χ1v) is 7.69. The van der Waals surface area contributed by atoms with Crippen molar-refractivity contribution in [2.75, 3.05) is 5.32 Å². The number of nitrogens with zero attached hydrogens (tertiary/aromatic N) is 5. The van der Waals surface area contributed by atoms with Gasteiger partial charge in [0.2, 0.25) is 16.5 Å². The highest BCUT2D eigenvalue weighted by atomic mass is 35.5. The van der Waals surface area contributed by atoms with Gasteiger partial charge < -0.3 is 0 Å². The van der Waals surface area contributed by atoms with Crippen LogP contribution in [0.15, 0.2) is 29.6 Å². The maximum Gasteiger partial charge on any atom is 0.269 e. The van der Waals surface area contributed by atoms with Gasteiger partial charge in [0.1, 0.15) is 0 Å². The molecule has 0 saturated heterocycles. The third-order valence-electron chi connectivity index (χ3n) is 2.68. The molecule has 0 aliphatic rings. The lowest BCUT2D eigenvalue weighted by molar-refractivity contribution is -0.384. The van der Waals surface area contributed by atoms with Gasteiger partial charge in [-0.15, -0.1) is 11.3 Å². The van der Waals surface area contributed by atoms with Gasteiger partial charge in [0.25, 0.3) is 5.69 Å². The fraction of sp³-hybridized carbons (Fsp3) is 0. The maximum atomic E-state index is 10.7. The van der Waals surface area contributed by atoms with Gasteiger partial charge in [0, 0.05) is 23.1 Å². The van der Waals surface area contributed by atoms with E-state index in [1.165, 1.54) is 23.5 Å². The molecule has 1 N–H and O–H groups in total. The molecule has 23 heavy (non-hydrogen) atoms. The van der Waals surface area contributed by atoms with Crippen LogP contribution in [0, 0.1) is 10.1 Å². The lowest BCUT2D eigenvalue weighted by atomic mass is 10.1. The van der Waals surface area contributed by atoms with Gasteiger partial charge in [-0.1, -0.05) is 0 Å². The number of rotatable bonds is 4. The number of hydrogen-bond acceptors (Lipinski definition) is 8. The van der Waals surface area contributed by atoms with E-state index in [2.05, 4.69) is 25.3 Å². The van der Waals surface area contributed by atoms with E-state index in [4.69, 9.17) is 23.2 Å². The van der Waals surface area contributed by atoms with E-state index in [1.54, 1.807) is 17.5 Å². The molecule has 1 aromatic carbocycles. The quantitative estimate of drug-likeness (QED) is 0.548. The lowest BCUT2D eigenvalue weighted by Crippen LogP contribution is -1.99. The summed E-state index contributed by atoms with van der Waals surface area (Å²) in [5.74, 6) is 0.180. The molecule has 0 bridgehead atoms. The summed E-state index contributed by atoms with van der Waals surface area (Å²) < 4.78 is 0. The Labute approximate surface area is 143 Å². The van der Waals surface area contributed by atoms with Crippen LogP contribution in [0.25, 0.3) is 11.3 Å². The van der Waals surface area contributed by atoms with Gasteiger partial charge in [-0.3, -0.25) is 15.4 Å². The monoisotopic (exact) mass is 368 g/mol. The second-order valence-corrected chi connectivity index (χ2v) is 5.70. The Bertz CT molecular complexity index is 850. The topological polar surface area (TPSA) is 107 Å². The molecule has 0 unspecified atom stereocenters. The third kappa shape index (κ3) is 3.70. The highest BCUT2D eigenvalue weighted by molar-refractivity contribution is 7.14. The Hall–Kier alpha value is -2.36. The molecule has 3 rings (SSSR count). The normalized spacial score (nSPS) is 10.5. The molecule has 0 aliphatic carbocycles. The molecular weight excluding hydrogens is 363 g/mol. The Kier molecular flexibility index (Phi) is 4.33.